The summed E-state index contributed by atoms with van der Waals surface area (Å²) in [4.78, 5) is 15.0. The van der Waals surface area contributed by atoms with Crippen molar-refractivity contribution in [2.75, 3.05) is 7.11 Å². The van der Waals surface area contributed by atoms with Crippen molar-refractivity contribution in [2.24, 2.45) is 5.73 Å². The van der Waals surface area contributed by atoms with E-state index in [0.717, 1.165) is 0 Å². The Balaban J connectivity index is 3.29. The molecule has 0 aliphatic heterocycles. The Hall–Kier alpha value is -0.830. The minimum Gasteiger partial charge on any atom is -0.469 e. The number of methoxy groups -OCH3 is 1. The van der Waals surface area contributed by atoms with E-state index in [-0.39, 0.29) is 27.8 Å². The van der Waals surface area contributed by atoms with E-state index in [1.165, 1.54) is 13.3 Å². The molecule has 17 heavy (non-hydrogen) atoms. The maximum atomic E-state index is 12.9. The number of carbonyl (C=O) groups excluding carboxylic acids is 1. The van der Waals surface area contributed by atoms with Gasteiger partial charge in [0.05, 0.1) is 19.1 Å². The molecule has 0 aliphatic carbocycles. The first-order valence-electron chi connectivity index (χ1n) is 4.72. The van der Waals surface area contributed by atoms with E-state index in [4.69, 9.17) is 5.73 Å². The molecule has 0 saturated heterocycles. The smallest absolute Gasteiger partial charge is 0.310 e. The van der Waals surface area contributed by atoms with Crippen molar-refractivity contribution >= 4 is 28.6 Å². The van der Waals surface area contributed by atoms with Gasteiger partial charge in [0.15, 0.2) is 0 Å². The molecule has 94 valence electrons. The highest BCUT2D eigenvalue weighted by Crippen LogP contribution is 2.29. The van der Waals surface area contributed by atoms with Crippen LogP contribution in [0.4, 0.5) is 8.78 Å². The van der Waals surface area contributed by atoms with Gasteiger partial charge in [0.2, 0.25) is 0 Å². The van der Waals surface area contributed by atoms with Crippen LogP contribution in [0.2, 0.25) is 0 Å². The van der Waals surface area contributed by atoms with Gasteiger partial charge in [-0.05, 0) is 33.7 Å². The molecule has 1 heterocycles. The second-order valence-corrected chi connectivity index (χ2v) is 4.25. The van der Waals surface area contributed by atoms with Gasteiger partial charge in [0.25, 0.3) is 6.43 Å². The van der Waals surface area contributed by atoms with E-state index in [2.05, 4.69) is 9.72 Å². The average Bonchev–Trinajstić information content (AvgIpc) is 2.28. The van der Waals surface area contributed by atoms with E-state index in [0.29, 0.717) is 5.56 Å². The van der Waals surface area contributed by atoms with Gasteiger partial charge in [-0.3, -0.25) is 4.79 Å². The molecule has 0 atom stereocenters. The molecule has 1 rings (SSSR count). The van der Waals surface area contributed by atoms with Crippen molar-refractivity contribution < 1.29 is 18.3 Å². The van der Waals surface area contributed by atoms with Crippen LogP contribution in [0.3, 0.4) is 0 Å². The molecule has 0 amide bonds. The molecule has 7 heteroatoms. The van der Waals surface area contributed by atoms with E-state index in [1.54, 1.807) is 22.6 Å². The van der Waals surface area contributed by atoms with Crippen LogP contribution >= 0.6 is 22.6 Å². The summed E-state index contributed by atoms with van der Waals surface area (Å²) in [5, 5.41) is 0. The summed E-state index contributed by atoms with van der Waals surface area (Å²) in [5.41, 5.74) is 5.86. The second-order valence-electron chi connectivity index (χ2n) is 3.22. The maximum Gasteiger partial charge on any atom is 0.310 e. The highest BCUT2D eigenvalue weighted by atomic mass is 127. The fraction of sp³-hybridized carbons (Fsp3) is 0.400. The van der Waals surface area contributed by atoms with Crippen LogP contribution in [0.5, 0.6) is 0 Å². The molecule has 0 fully saturated rings. The fourth-order valence-electron chi connectivity index (χ4n) is 1.40. The van der Waals surface area contributed by atoms with Crippen LogP contribution in [0.25, 0.3) is 0 Å². The number of nitrogens with zero attached hydrogens (tertiary/aromatic N) is 1. The quantitative estimate of drug-likeness (QED) is 0.508. The molecule has 0 bridgehead atoms. The Morgan fingerprint density at radius 1 is 1.65 bits per heavy atom. The summed E-state index contributed by atoms with van der Waals surface area (Å²) < 4.78 is 30.5. The average molecular weight is 356 g/mol. The number of halogens is 3. The third-order valence-electron chi connectivity index (χ3n) is 2.26. The van der Waals surface area contributed by atoms with Crippen molar-refractivity contribution in [3.05, 3.63) is 26.6 Å². The predicted octanol–water partition coefficient (Wildman–Crippen LogP) is 1.80. The minimum atomic E-state index is -2.69. The first kappa shape index (κ1) is 14.2. The van der Waals surface area contributed by atoms with E-state index >= 15 is 0 Å². The highest BCUT2D eigenvalue weighted by Gasteiger charge is 2.22. The number of hydrogen-bond donors (Lipinski definition) is 1. The Kier molecular flexibility index (Phi) is 5.19. The van der Waals surface area contributed by atoms with Gasteiger partial charge in [-0.25, -0.2) is 13.8 Å². The Labute approximate surface area is 111 Å². The zero-order chi connectivity index (χ0) is 13.0. The number of esters is 1. The monoisotopic (exact) mass is 356 g/mol. The largest absolute Gasteiger partial charge is 0.469 e. The van der Waals surface area contributed by atoms with Crippen molar-refractivity contribution in [1.29, 1.82) is 0 Å². The van der Waals surface area contributed by atoms with Crippen molar-refractivity contribution in [2.45, 2.75) is 19.4 Å². The van der Waals surface area contributed by atoms with Gasteiger partial charge >= 0.3 is 5.97 Å². The second kappa shape index (κ2) is 6.20. The molecule has 1 aromatic rings. The van der Waals surface area contributed by atoms with E-state index in [9.17, 15) is 13.6 Å². The van der Waals surface area contributed by atoms with Gasteiger partial charge in [-0.1, -0.05) is 0 Å². The summed E-state index contributed by atoms with van der Waals surface area (Å²) in [5.74, 6) is -0.580. The first-order valence-corrected chi connectivity index (χ1v) is 5.80. The number of rotatable bonds is 4. The number of nitrogens with two attached hydrogens (primary N) is 1. The molecule has 0 aliphatic rings. The number of pyridine rings is 1. The van der Waals surface area contributed by atoms with Gasteiger partial charge in [-0.15, -0.1) is 0 Å². The molecule has 0 unspecified atom stereocenters. The Bertz CT molecular complexity index is 427. The third kappa shape index (κ3) is 3.32. The molecule has 4 nitrogen and oxygen atoms in total. The van der Waals surface area contributed by atoms with Crippen LogP contribution in [-0.4, -0.2) is 18.1 Å². The van der Waals surface area contributed by atoms with Gasteiger partial charge < -0.3 is 10.5 Å². The molecule has 2 N–H and O–H groups in total. The van der Waals surface area contributed by atoms with Crippen LogP contribution < -0.4 is 5.73 Å². The number of carbonyl (C=O) groups is 1. The number of hydrogen-bond acceptors (Lipinski definition) is 4. The molecular weight excluding hydrogens is 345 g/mol. The Morgan fingerprint density at radius 3 is 2.76 bits per heavy atom. The predicted molar refractivity (Wildman–Crippen MR) is 65.5 cm³/mol. The van der Waals surface area contributed by atoms with Crippen LogP contribution in [0.15, 0.2) is 6.20 Å². The molecule has 0 aromatic carbocycles. The zero-order valence-corrected chi connectivity index (χ0v) is 11.2. The number of aromatic nitrogens is 1. The van der Waals surface area contributed by atoms with Crippen LogP contribution in [-0.2, 0) is 22.5 Å². The number of ether oxygens (including phenoxy) is 1. The van der Waals surface area contributed by atoms with Crippen molar-refractivity contribution in [3.63, 3.8) is 0 Å². The minimum absolute atomic E-state index is 0.0516. The SMILES string of the molecule is COC(=O)Cc1c(CN)cnc(I)c1C(F)F. The van der Waals surface area contributed by atoms with Gasteiger partial charge in [0, 0.05) is 12.7 Å². The molecule has 0 spiro atoms. The molecule has 0 saturated carbocycles. The topological polar surface area (TPSA) is 65.2 Å². The lowest BCUT2D eigenvalue weighted by Crippen LogP contribution is -2.14. The van der Waals surface area contributed by atoms with Gasteiger partial charge in [0.1, 0.15) is 3.70 Å². The third-order valence-corrected chi connectivity index (χ3v) is 3.12. The Morgan fingerprint density at radius 2 is 2.29 bits per heavy atom. The lowest BCUT2D eigenvalue weighted by Gasteiger charge is -2.13. The molecule has 0 radical (unpaired) electrons. The van der Waals surface area contributed by atoms with E-state index < -0.39 is 12.4 Å². The fourth-order valence-corrected chi connectivity index (χ4v) is 2.10. The summed E-state index contributed by atoms with van der Waals surface area (Å²) in [7, 11) is 1.21. The lowest BCUT2D eigenvalue weighted by atomic mass is 10.0. The summed E-state index contributed by atoms with van der Waals surface area (Å²) in [6, 6.07) is 0. The summed E-state index contributed by atoms with van der Waals surface area (Å²) in [6.07, 6.45) is -1.51. The normalized spacial score (nSPS) is 10.7. The van der Waals surface area contributed by atoms with Crippen molar-refractivity contribution in [3.8, 4) is 0 Å². The van der Waals surface area contributed by atoms with Crippen LogP contribution in [0, 0.1) is 3.70 Å². The first-order chi connectivity index (χ1) is 8.01. The van der Waals surface area contributed by atoms with Crippen LogP contribution in [0.1, 0.15) is 23.1 Å². The highest BCUT2D eigenvalue weighted by molar-refractivity contribution is 14.1. The van der Waals surface area contributed by atoms with Crippen molar-refractivity contribution in [1.82, 2.24) is 4.98 Å². The van der Waals surface area contributed by atoms with Gasteiger partial charge in [-0.2, -0.15) is 0 Å². The lowest BCUT2D eigenvalue weighted by molar-refractivity contribution is -0.139. The summed E-state index contributed by atoms with van der Waals surface area (Å²) in [6.45, 7) is 0.0516. The number of alkyl halides is 2. The molecular formula is C10H11F2IN2O2. The van der Waals surface area contributed by atoms with E-state index in [1.807, 2.05) is 0 Å². The molecule has 1 aromatic heterocycles. The standard InChI is InChI=1S/C10H11F2IN2O2/c1-17-7(16)2-6-5(3-14)4-15-10(13)8(6)9(11)12/h4,9H,2-3,14H2,1H3. The maximum absolute atomic E-state index is 12.9. The zero-order valence-electron chi connectivity index (χ0n) is 9.04. The summed E-state index contributed by atoms with van der Waals surface area (Å²) >= 11 is 1.71.